The Balaban J connectivity index is 2.99. The first-order valence-electron chi connectivity index (χ1n) is 15.5. The molecule has 250 valence electrons. The molecule has 2 aromatic rings. The fourth-order valence-electron chi connectivity index (χ4n) is 5.51. The van der Waals surface area contributed by atoms with Gasteiger partial charge in [-0.05, 0) is 130 Å². The number of carbonyl (C=O) groups is 2. The molecule has 0 aliphatic rings. The summed E-state index contributed by atoms with van der Waals surface area (Å²) in [4.78, 5) is 36.2. The Labute approximate surface area is 275 Å². The van der Waals surface area contributed by atoms with Crippen LogP contribution in [0.25, 0.3) is 0 Å². The smallest absolute Gasteiger partial charge is 0.343 e. The lowest BCUT2D eigenvalue weighted by Crippen LogP contribution is -2.26. The number of rotatable bonds is 9. The number of allylic oxidation sites excluding steroid dienone is 2. The lowest BCUT2D eigenvalue weighted by atomic mass is 9.84. The zero-order valence-corrected chi connectivity index (χ0v) is 30.0. The summed E-state index contributed by atoms with van der Waals surface area (Å²) < 4.78 is 11.1. The van der Waals surface area contributed by atoms with Crippen molar-refractivity contribution in [1.82, 2.24) is 0 Å². The summed E-state index contributed by atoms with van der Waals surface area (Å²) in [5.41, 5.74) is 6.04. The number of aliphatic imine (C=N–C) groups is 2. The molecule has 2 aromatic carbocycles. The van der Waals surface area contributed by atoms with Crippen LogP contribution in [0.5, 0.6) is 0 Å². The van der Waals surface area contributed by atoms with E-state index in [1.807, 2.05) is 41.5 Å². The molecule has 0 amide bonds. The molecule has 0 bridgehead atoms. The molecule has 46 heavy (non-hydrogen) atoms. The van der Waals surface area contributed by atoms with E-state index in [2.05, 4.69) is 24.3 Å². The molecule has 0 unspecified atom stereocenters. The molecule has 0 aliphatic carbocycles. The van der Waals surface area contributed by atoms with Gasteiger partial charge < -0.3 is 19.7 Å². The molecule has 0 aromatic heterocycles. The molecular weight excluding hydrogens is 580 g/mol. The predicted molar refractivity (Wildman–Crippen MR) is 186 cm³/mol. The van der Waals surface area contributed by atoms with Gasteiger partial charge in [0.1, 0.15) is 46.0 Å². The van der Waals surface area contributed by atoms with Crippen molar-refractivity contribution in [2.75, 3.05) is 0 Å². The van der Waals surface area contributed by atoms with E-state index in [-0.39, 0.29) is 22.7 Å². The van der Waals surface area contributed by atoms with E-state index in [1.54, 1.807) is 41.5 Å². The Morgan fingerprint density at radius 1 is 0.609 bits per heavy atom. The summed E-state index contributed by atoms with van der Waals surface area (Å²) in [7, 11) is 0. The molecule has 0 heterocycles. The highest BCUT2D eigenvalue weighted by atomic mass is 16.6. The van der Waals surface area contributed by atoms with Crippen molar-refractivity contribution >= 4 is 24.4 Å². The number of aliphatic hydroxyl groups excluding tert-OH is 2. The van der Waals surface area contributed by atoms with Crippen molar-refractivity contribution in [3.63, 3.8) is 0 Å². The number of aryl methyl sites for hydroxylation is 6. The van der Waals surface area contributed by atoms with Crippen molar-refractivity contribution < 1.29 is 29.3 Å². The number of benzene rings is 2. The van der Waals surface area contributed by atoms with E-state index in [0.717, 1.165) is 44.5 Å². The van der Waals surface area contributed by atoms with Gasteiger partial charge in [0.15, 0.2) is 0 Å². The highest BCUT2D eigenvalue weighted by Crippen LogP contribution is 2.42. The van der Waals surface area contributed by atoms with Gasteiger partial charge in [-0.15, -0.1) is 0 Å². The highest BCUT2D eigenvalue weighted by Gasteiger charge is 2.31. The fraction of sp³-hybridized carbons (Fsp3) is 0.474. The zero-order chi connectivity index (χ0) is 35.3. The molecule has 2 atom stereocenters. The van der Waals surface area contributed by atoms with Gasteiger partial charge in [-0.25, -0.2) is 9.59 Å². The number of hydrogen-bond acceptors (Lipinski definition) is 8. The van der Waals surface area contributed by atoms with Crippen LogP contribution in [0.4, 0.5) is 0 Å². The normalized spacial score (nSPS) is 15.0. The summed E-state index contributed by atoms with van der Waals surface area (Å²) in [5, 5.41) is 21.1. The van der Waals surface area contributed by atoms with Gasteiger partial charge >= 0.3 is 11.9 Å². The van der Waals surface area contributed by atoms with Gasteiger partial charge in [-0.1, -0.05) is 35.4 Å². The Morgan fingerprint density at radius 3 is 1.09 bits per heavy atom. The van der Waals surface area contributed by atoms with E-state index < -0.39 is 35.2 Å². The summed E-state index contributed by atoms with van der Waals surface area (Å²) in [6.45, 7) is 25.4. The largest absolute Gasteiger partial charge is 0.512 e. The van der Waals surface area contributed by atoms with Gasteiger partial charge in [0, 0.05) is 12.4 Å². The minimum Gasteiger partial charge on any atom is -0.512 e. The zero-order valence-electron chi connectivity index (χ0n) is 30.0. The van der Waals surface area contributed by atoms with Crippen molar-refractivity contribution in [1.29, 1.82) is 0 Å². The van der Waals surface area contributed by atoms with Gasteiger partial charge in [0.2, 0.25) is 0 Å². The molecule has 0 fully saturated rings. The maximum Gasteiger partial charge on any atom is 0.343 e. The van der Waals surface area contributed by atoms with Crippen molar-refractivity contribution in [3.8, 4) is 0 Å². The van der Waals surface area contributed by atoms with Crippen molar-refractivity contribution in [2.24, 2.45) is 9.98 Å². The second-order valence-corrected chi connectivity index (χ2v) is 14.1. The maximum atomic E-state index is 13.1. The first-order chi connectivity index (χ1) is 21.0. The lowest BCUT2D eigenvalue weighted by molar-refractivity contribution is -0.150. The average molecular weight is 633 g/mol. The fourth-order valence-corrected chi connectivity index (χ4v) is 5.51. The molecule has 8 nitrogen and oxygen atoms in total. The highest BCUT2D eigenvalue weighted by molar-refractivity contribution is 6.10. The molecule has 0 spiro atoms. The summed E-state index contributed by atoms with van der Waals surface area (Å²) >= 11 is 0. The number of hydrogen-bond donors (Lipinski definition) is 2. The van der Waals surface area contributed by atoms with Gasteiger partial charge in [-0.3, -0.25) is 9.98 Å². The SMILES string of the molecule is C/C(O)=C(/C=N[C@@H](c1c(C)cc(C)cc1C)[C@@H](N=C/C(C(=O)OC(C)(C)C)=C(/C)O)c1c(C)cc(C)cc1C)C(=O)OC(C)(C)C. The summed E-state index contributed by atoms with van der Waals surface area (Å²) in [6, 6.07) is 6.82. The van der Waals surface area contributed by atoms with E-state index in [1.165, 1.54) is 26.3 Å². The Kier molecular flexibility index (Phi) is 12.3. The molecule has 2 N–H and O–H groups in total. The predicted octanol–water partition coefficient (Wildman–Crippen LogP) is 8.81. The number of ether oxygens (including phenoxy) is 2. The van der Waals surface area contributed by atoms with Crippen LogP contribution in [-0.4, -0.2) is 45.8 Å². The monoisotopic (exact) mass is 632 g/mol. The minimum atomic E-state index is -0.787. The third kappa shape index (κ3) is 10.4. The molecule has 0 aliphatic heterocycles. The Hall–Kier alpha value is -4.20. The molecular formula is C38H52N2O6. The first kappa shape index (κ1) is 38.0. The third-order valence-electron chi connectivity index (χ3n) is 7.11. The second kappa shape index (κ2) is 14.9. The average Bonchev–Trinajstić information content (AvgIpc) is 2.83. The Bertz CT molecular complexity index is 1420. The van der Waals surface area contributed by atoms with Crippen LogP contribution in [0.2, 0.25) is 0 Å². The van der Waals surface area contributed by atoms with Crippen LogP contribution in [0.3, 0.4) is 0 Å². The summed E-state index contributed by atoms with van der Waals surface area (Å²) in [6.07, 6.45) is 2.69. The van der Waals surface area contributed by atoms with Gasteiger partial charge in [0.25, 0.3) is 0 Å². The van der Waals surface area contributed by atoms with Crippen molar-refractivity contribution in [3.05, 3.63) is 91.4 Å². The number of nitrogens with zero attached hydrogens (tertiary/aromatic N) is 2. The van der Waals surface area contributed by atoms with Crippen LogP contribution in [0.15, 0.2) is 56.9 Å². The quantitative estimate of drug-likeness (QED) is 0.123. The van der Waals surface area contributed by atoms with E-state index in [4.69, 9.17) is 19.5 Å². The second-order valence-electron chi connectivity index (χ2n) is 14.1. The van der Waals surface area contributed by atoms with Crippen LogP contribution in [0, 0.1) is 41.5 Å². The summed E-state index contributed by atoms with van der Waals surface area (Å²) in [5.74, 6) is -1.88. The first-order valence-corrected chi connectivity index (χ1v) is 15.5. The number of aliphatic hydroxyl groups is 2. The van der Waals surface area contributed by atoms with E-state index in [0.29, 0.717) is 0 Å². The van der Waals surface area contributed by atoms with E-state index in [9.17, 15) is 19.8 Å². The lowest BCUT2D eigenvalue weighted by Gasteiger charge is -2.28. The number of esters is 2. The standard InChI is InChI=1S/C38H52N2O6/c1-21-15-23(3)31(24(4)16-21)33(39-19-29(27(7)41)35(43)45-37(9,10)11)34(32-25(5)17-22(2)18-26(32)6)40-20-30(28(8)42)36(44)46-38(12,13)14/h15-20,33-34,41-42H,1-14H3/b29-27+,30-28+,39-19?,40-20?/t33-,34-/m0/s1. The van der Waals surface area contributed by atoms with Crippen molar-refractivity contribution in [2.45, 2.75) is 120 Å². The van der Waals surface area contributed by atoms with Gasteiger partial charge in [0.05, 0.1) is 0 Å². The van der Waals surface area contributed by atoms with Crippen LogP contribution in [-0.2, 0) is 19.1 Å². The molecule has 0 saturated heterocycles. The maximum absolute atomic E-state index is 13.1. The van der Waals surface area contributed by atoms with Crippen LogP contribution < -0.4 is 0 Å². The molecule has 2 rings (SSSR count). The van der Waals surface area contributed by atoms with E-state index >= 15 is 0 Å². The molecule has 0 saturated carbocycles. The topological polar surface area (TPSA) is 118 Å². The minimum absolute atomic E-state index is 0.0806. The Morgan fingerprint density at radius 2 is 0.870 bits per heavy atom. The van der Waals surface area contributed by atoms with Crippen LogP contribution >= 0.6 is 0 Å². The van der Waals surface area contributed by atoms with Gasteiger partial charge in [-0.2, -0.15) is 0 Å². The van der Waals surface area contributed by atoms with Crippen LogP contribution in [0.1, 0.15) is 112 Å². The number of carbonyl (C=O) groups excluding carboxylic acids is 2. The molecule has 0 radical (unpaired) electrons. The third-order valence-corrected chi connectivity index (χ3v) is 7.11. The molecule has 8 heteroatoms.